The summed E-state index contributed by atoms with van der Waals surface area (Å²) in [6, 6.07) is 10.1. The van der Waals surface area contributed by atoms with Gasteiger partial charge in [-0.05, 0) is 36.4 Å². The van der Waals surface area contributed by atoms with E-state index in [4.69, 9.17) is 9.15 Å². The van der Waals surface area contributed by atoms with Crippen LogP contribution in [0, 0.1) is 5.82 Å². The molecule has 0 radical (unpaired) electrons. The van der Waals surface area contributed by atoms with E-state index in [0.29, 0.717) is 17.0 Å². The molecule has 5 heteroatoms. The molecule has 2 aromatic carbocycles. The Hall–Kier alpha value is -1.88. The van der Waals surface area contributed by atoms with Crippen molar-refractivity contribution >= 4 is 27.0 Å². The van der Waals surface area contributed by atoms with E-state index in [-0.39, 0.29) is 5.75 Å². The summed E-state index contributed by atoms with van der Waals surface area (Å²) in [5.41, 5.74) is 2.10. The highest BCUT2D eigenvalue weighted by molar-refractivity contribution is 9.10. The molecule has 0 saturated heterocycles. The molecule has 0 aliphatic carbocycles. The van der Waals surface area contributed by atoms with E-state index >= 15 is 0 Å². The number of oxazole rings is 1. The van der Waals surface area contributed by atoms with Crippen molar-refractivity contribution in [3.63, 3.8) is 0 Å². The summed E-state index contributed by atoms with van der Waals surface area (Å²) in [7, 11) is 1.42. The molecule has 19 heavy (non-hydrogen) atoms. The average molecular weight is 322 g/mol. The minimum Gasteiger partial charge on any atom is -0.494 e. The number of rotatable bonds is 2. The normalized spacial score (nSPS) is 10.9. The highest BCUT2D eigenvalue weighted by atomic mass is 79.9. The van der Waals surface area contributed by atoms with Gasteiger partial charge in [0.2, 0.25) is 5.89 Å². The van der Waals surface area contributed by atoms with E-state index in [1.807, 2.05) is 18.2 Å². The van der Waals surface area contributed by atoms with Crippen molar-refractivity contribution < 1.29 is 13.5 Å². The summed E-state index contributed by atoms with van der Waals surface area (Å²) < 4.78 is 24.9. The fourth-order valence-corrected chi connectivity index (χ4v) is 2.17. The van der Waals surface area contributed by atoms with E-state index < -0.39 is 5.82 Å². The SMILES string of the molecule is COc1cc(-c2nc3cc(Br)ccc3o2)ccc1F. The van der Waals surface area contributed by atoms with Crippen LogP contribution >= 0.6 is 15.9 Å². The quantitative estimate of drug-likeness (QED) is 0.701. The maximum Gasteiger partial charge on any atom is 0.227 e. The molecule has 1 heterocycles. The molecule has 0 bridgehead atoms. The van der Waals surface area contributed by atoms with Gasteiger partial charge in [-0.15, -0.1) is 0 Å². The van der Waals surface area contributed by atoms with Gasteiger partial charge in [0, 0.05) is 10.0 Å². The first-order valence-corrected chi connectivity index (χ1v) is 6.36. The zero-order valence-electron chi connectivity index (χ0n) is 9.98. The Kier molecular flexibility index (Phi) is 2.98. The monoisotopic (exact) mass is 321 g/mol. The zero-order chi connectivity index (χ0) is 13.4. The third kappa shape index (κ3) is 2.21. The van der Waals surface area contributed by atoms with Crippen molar-refractivity contribution in [2.45, 2.75) is 0 Å². The fourth-order valence-electron chi connectivity index (χ4n) is 1.82. The van der Waals surface area contributed by atoms with Crippen molar-refractivity contribution in [1.29, 1.82) is 0 Å². The van der Waals surface area contributed by atoms with Crippen LogP contribution in [0.1, 0.15) is 0 Å². The lowest BCUT2D eigenvalue weighted by atomic mass is 10.2. The van der Waals surface area contributed by atoms with Gasteiger partial charge < -0.3 is 9.15 Å². The standard InChI is InChI=1S/C14H9BrFNO2/c1-18-13-6-8(2-4-10(13)16)14-17-11-7-9(15)3-5-12(11)19-14/h2-7H,1H3. The Morgan fingerprint density at radius 1 is 1.21 bits per heavy atom. The zero-order valence-corrected chi connectivity index (χ0v) is 11.6. The number of halogens is 2. The Balaban J connectivity index is 2.13. The Morgan fingerprint density at radius 3 is 2.84 bits per heavy atom. The second kappa shape index (κ2) is 4.66. The summed E-state index contributed by atoms with van der Waals surface area (Å²) in [4.78, 5) is 4.37. The number of ether oxygens (including phenoxy) is 1. The van der Waals surface area contributed by atoms with Crippen molar-refractivity contribution in [2.75, 3.05) is 7.11 Å². The highest BCUT2D eigenvalue weighted by Crippen LogP contribution is 2.29. The first-order chi connectivity index (χ1) is 9.17. The van der Waals surface area contributed by atoms with Gasteiger partial charge in [0.05, 0.1) is 7.11 Å². The van der Waals surface area contributed by atoms with Gasteiger partial charge in [-0.2, -0.15) is 0 Å². The molecular weight excluding hydrogens is 313 g/mol. The molecule has 0 N–H and O–H groups in total. The molecule has 0 saturated carbocycles. The first-order valence-electron chi connectivity index (χ1n) is 5.57. The number of nitrogens with zero attached hydrogens (tertiary/aromatic N) is 1. The van der Waals surface area contributed by atoms with Gasteiger partial charge in [-0.1, -0.05) is 15.9 Å². The van der Waals surface area contributed by atoms with Gasteiger partial charge in [-0.25, -0.2) is 9.37 Å². The van der Waals surface area contributed by atoms with Crippen molar-refractivity contribution in [3.8, 4) is 17.2 Å². The van der Waals surface area contributed by atoms with Gasteiger partial charge in [0.25, 0.3) is 0 Å². The average Bonchev–Trinajstić information content (AvgIpc) is 2.82. The topological polar surface area (TPSA) is 35.3 Å². The van der Waals surface area contributed by atoms with E-state index in [0.717, 1.165) is 9.99 Å². The molecule has 3 rings (SSSR count). The lowest BCUT2D eigenvalue weighted by Gasteiger charge is -2.02. The second-order valence-electron chi connectivity index (χ2n) is 3.98. The number of benzene rings is 2. The molecular formula is C14H9BrFNO2. The Labute approximate surface area is 117 Å². The maximum absolute atomic E-state index is 13.4. The van der Waals surface area contributed by atoms with Crippen LogP contribution < -0.4 is 4.74 Å². The van der Waals surface area contributed by atoms with Crippen LogP contribution in [0.2, 0.25) is 0 Å². The van der Waals surface area contributed by atoms with Gasteiger partial charge in [-0.3, -0.25) is 0 Å². The minimum atomic E-state index is -0.412. The van der Waals surface area contributed by atoms with Gasteiger partial charge in [0.1, 0.15) is 5.52 Å². The number of hydrogen-bond acceptors (Lipinski definition) is 3. The maximum atomic E-state index is 13.4. The van der Waals surface area contributed by atoms with Crippen LogP contribution in [0.4, 0.5) is 4.39 Å². The molecule has 0 aliphatic rings. The predicted octanol–water partition coefficient (Wildman–Crippen LogP) is 4.41. The summed E-state index contributed by atoms with van der Waals surface area (Å²) in [6.07, 6.45) is 0. The van der Waals surface area contributed by atoms with E-state index in [1.54, 1.807) is 12.1 Å². The highest BCUT2D eigenvalue weighted by Gasteiger charge is 2.11. The molecule has 3 aromatic rings. The summed E-state index contributed by atoms with van der Waals surface area (Å²) in [5.74, 6) is 0.192. The minimum absolute atomic E-state index is 0.168. The summed E-state index contributed by atoms with van der Waals surface area (Å²) in [5, 5.41) is 0. The first kappa shape index (κ1) is 12.2. The molecule has 0 fully saturated rings. The number of hydrogen-bond donors (Lipinski definition) is 0. The predicted molar refractivity (Wildman–Crippen MR) is 73.7 cm³/mol. The number of aromatic nitrogens is 1. The van der Waals surface area contributed by atoms with Crippen LogP contribution in [0.3, 0.4) is 0 Å². The Morgan fingerprint density at radius 2 is 2.05 bits per heavy atom. The largest absolute Gasteiger partial charge is 0.494 e. The molecule has 96 valence electrons. The van der Waals surface area contributed by atoms with Crippen LogP contribution in [0.15, 0.2) is 45.3 Å². The van der Waals surface area contributed by atoms with Crippen molar-refractivity contribution in [3.05, 3.63) is 46.7 Å². The Bertz CT molecular complexity index is 754. The molecule has 0 amide bonds. The summed E-state index contributed by atoms with van der Waals surface area (Å²) in [6.45, 7) is 0. The van der Waals surface area contributed by atoms with E-state index in [9.17, 15) is 4.39 Å². The summed E-state index contributed by atoms with van der Waals surface area (Å²) >= 11 is 3.38. The fraction of sp³-hybridized carbons (Fsp3) is 0.0714. The number of fused-ring (bicyclic) bond motifs is 1. The van der Waals surface area contributed by atoms with Crippen molar-refractivity contribution in [2.24, 2.45) is 0 Å². The third-order valence-corrected chi connectivity index (χ3v) is 3.24. The second-order valence-corrected chi connectivity index (χ2v) is 4.90. The van der Waals surface area contributed by atoms with Crippen LogP contribution in [-0.4, -0.2) is 12.1 Å². The lowest BCUT2D eigenvalue weighted by molar-refractivity contribution is 0.386. The van der Waals surface area contributed by atoms with Crippen LogP contribution in [-0.2, 0) is 0 Å². The van der Waals surface area contributed by atoms with E-state index in [2.05, 4.69) is 20.9 Å². The van der Waals surface area contributed by atoms with Crippen molar-refractivity contribution in [1.82, 2.24) is 4.98 Å². The molecule has 3 nitrogen and oxygen atoms in total. The molecule has 1 aromatic heterocycles. The number of methoxy groups -OCH3 is 1. The van der Waals surface area contributed by atoms with Crippen LogP contribution in [0.25, 0.3) is 22.6 Å². The van der Waals surface area contributed by atoms with Crippen LogP contribution in [0.5, 0.6) is 5.75 Å². The molecule has 0 atom stereocenters. The van der Waals surface area contributed by atoms with Gasteiger partial charge in [0.15, 0.2) is 17.1 Å². The molecule has 0 aliphatic heterocycles. The smallest absolute Gasteiger partial charge is 0.227 e. The van der Waals surface area contributed by atoms with Gasteiger partial charge >= 0.3 is 0 Å². The molecule has 0 spiro atoms. The lowest BCUT2D eigenvalue weighted by Crippen LogP contribution is -1.88. The third-order valence-electron chi connectivity index (χ3n) is 2.75. The molecule has 0 unspecified atom stereocenters. The van der Waals surface area contributed by atoms with E-state index in [1.165, 1.54) is 13.2 Å².